The Morgan fingerprint density at radius 1 is 0.606 bits per heavy atom. The highest BCUT2D eigenvalue weighted by Gasteiger charge is 2.68. The van der Waals surface area contributed by atoms with Crippen LogP contribution in [-0.2, 0) is 42.9 Å². The first-order chi connectivity index (χ1) is 16.2. The molecule has 6 nitrogen and oxygen atoms in total. The van der Waals surface area contributed by atoms with Crippen LogP contribution in [0.25, 0.3) is 0 Å². The maximum Gasteiger partial charge on any atom is 0.313 e. The van der Waals surface area contributed by atoms with E-state index in [1.807, 2.05) is 91.0 Å². The second-order valence-corrected chi connectivity index (χ2v) is 8.68. The summed E-state index contributed by atoms with van der Waals surface area (Å²) in [6.07, 6.45) is -3.55. The Kier molecular flexibility index (Phi) is 5.50. The molecule has 3 saturated heterocycles. The van der Waals surface area contributed by atoms with E-state index < -0.39 is 42.6 Å². The predicted molar refractivity (Wildman–Crippen MR) is 119 cm³/mol. The van der Waals surface area contributed by atoms with Crippen LogP contribution < -0.4 is 0 Å². The van der Waals surface area contributed by atoms with Crippen LogP contribution in [0, 0.1) is 0 Å². The van der Waals surface area contributed by atoms with Gasteiger partial charge in [0.15, 0.2) is 0 Å². The predicted octanol–water partition coefficient (Wildman–Crippen LogP) is 3.53. The number of hydrogen-bond donors (Lipinski definition) is 1. The maximum atomic E-state index is 11.2. The van der Waals surface area contributed by atoms with Crippen molar-refractivity contribution in [3.63, 3.8) is 0 Å². The molecular weight excluding hydrogens is 420 g/mol. The Hall–Kier alpha value is -2.58. The molecule has 0 amide bonds. The van der Waals surface area contributed by atoms with E-state index in [9.17, 15) is 5.11 Å². The van der Waals surface area contributed by atoms with E-state index in [-0.39, 0.29) is 0 Å². The standard InChI is InChI=1S/C27H26O6/c28-21-22-24(29-16-18-10-4-1-5-11-18)26-25(30-17-19-12-6-2-7-13-19)23(21)32-27(31-22,33-26)20-14-8-3-9-15-20/h1-15,21-26,28H,16-17H2/t21?,22-,23+,24-,25-,26?,27?/m1/s1. The van der Waals surface area contributed by atoms with E-state index >= 15 is 0 Å². The molecule has 3 heterocycles. The van der Waals surface area contributed by atoms with Crippen molar-refractivity contribution in [2.24, 2.45) is 0 Å². The van der Waals surface area contributed by atoms with E-state index in [0.29, 0.717) is 13.2 Å². The molecule has 1 aliphatic carbocycles. The van der Waals surface area contributed by atoms with Gasteiger partial charge in [-0.3, -0.25) is 0 Å². The van der Waals surface area contributed by atoms with Gasteiger partial charge in [-0.15, -0.1) is 0 Å². The highest BCUT2D eigenvalue weighted by Crippen LogP contribution is 2.51. The molecule has 6 heteroatoms. The maximum absolute atomic E-state index is 11.2. The summed E-state index contributed by atoms with van der Waals surface area (Å²) in [6, 6.07) is 29.4. The molecule has 170 valence electrons. The SMILES string of the molecule is OC1[C@H]2OC3(c4ccccc4)OC([C@@H]2OCc2ccccc2)[C@H](OCc2ccccc2)[C@H]1O3. The van der Waals surface area contributed by atoms with E-state index in [4.69, 9.17) is 23.7 Å². The average Bonchev–Trinajstić information content (AvgIpc) is 2.88. The zero-order valence-corrected chi connectivity index (χ0v) is 18.0. The quantitative estimate of drug-likeness (QED) is 0.599. The number of rotatable bonds is 7. The molecule has 0 aromatic heterocycles. The second-order valence-electron chi connectivity index (χ2n) is 8.68. The van der Waals surface area contributed by atoms with Gasteiger partial charge in [-0.2, -0.15) is 0 Å². The van der Waals surface area contributed by atoms with Crippen LogP contribution in [0.3, 0.4) is 0 Å². The van der Waals surface area contributed by atoms with E-state index in [1.54, 1.807) is 0 Å². The van der Waals surface area contributed by atoms with Crippen molar-refractivity contribution in [3.05, 3.63) is 108 Å². The zero-order chi connectivity index (χ0) is 22.3. The fourth-order valence-electron chi connectivity index (χ4n) is 4.92. The molecule has 1 N–H and O–H groups in total. The largest absolute Gasteiger partial charge is 0.387 e. The topological polar surface area (TPSA) is 66.4 Å². The fourth-order valence-corrected chi connectivity index (χ4v) is 4.92. The minimum Gasteiger partial charge on any atom is -0.387 e. The van der Waals surface area contributed by atoms with Crippen LogP contribution >= 0.6 is 0 Å². The molecule has 4 fully saturated rings. The van der Waals surface area contributed by atoms with Gasteiger partial charge in [0.1, 0.15) is 36.6 Å². The summed E-state index contributed by atoms with van der Waals surface area (Å²) in [6.45, 7) is 0.764. The molecule has 7 rings (SSSR count). The van der Waals surface area contributed by atoms with Crippen LogP contribution in [0.15, 0.2) is 91.0 Å². The van der Waals surface area contributed by atoms with Crippen molar-refractivity contribution in [2.75, 3.05) is 0 Å². The number of aliphatic hydroxyl groups is 1. The average molecular weight is 446 g/mol. The monoisotopic (exact) mass is 446 g/mol. The number of aliphatic hydroxyl groups excluding tert-OH is 1. The summed E-state index contributed by atoms with van der Waals surface area (Å²) in [4.78, 5) is 0. The summed E-state index contributed by atoms with van der Waals surface area (Å²) < 4.78 is 31.5. The molecule has 4 aliphatic rings. The van der Waals surface area contributed by atoms with Gasteiger partial charge >= 0.3 is 5.97 Å². The summed E-state index contributed by atoms with van der Waals surface area (Å²) in [5, 5.41) is 11.2. The molecule has 0 spiro atoms. The van der Waals surface area contributed by atoms with Crippen LogP contribution in [-0.4, -0.2) is 41.7 Å². The normalized spacial score (nSPS) is 34.5. The van der Waals surface area contributed by atoms with Crippen molar-refractivity contribution in [3.8, 4) is 0 Å². The molecule has 33 heavy (non-hydrogen) atoms. The van der Waals surface area contributed by atoms with Crippen molar-refractivity contribution in [1.82, 2.24) is 0 Å². The Morgan fingerprint density at radius 3 is 1.52 bits per heavy atom. The third-order valence-corrected chi connectivity index (χ3v) is 6.54. The van der Waals surface area contributed by atoms with Crippen LogP contribution in [0.1, 0.15) is 16.7 Å². The zero-order valence-electron chi connectivity index (χ0n) is 18.0. The van der Waals surface area contributed by atoms with E-state index in [1.165, 1.54) is 0 Å². The third kappa shape index (κ3) is 3.79. The van der Waals surface area contributed by atoms with Gasteiger partial charge in [0.25, 0.3) is 0 Å². The molecule has 7 atom stereocenters. The highest BCUT2D eigenvalue weighted by atomic mass is 16.9. The van der Waals surface area contributed by atoms with Gasteiger partial charge in [0.2, 0.25) is 0 Å². The summed E-state index contributed by atoms with van der Waals surface area (Å²) in [5.74, 6) is -1.38. The van der Waals surface area contributed by atoms with Gasteiger partial charge in [-0.05, 0) is 11.1 Å². The lowest BCUT2D eigenvalue weighted by atomic mass is 9.81. The van der Waals surface area contributed by atoms with Crippen LogP contribution in [0.4, 0.5) is 0 Å². The van der Waals surface area contributed by atoms with Gasteiger partial charge in [-0.1, -0.05) is 91.0 Å². The molecule has 3 aliphatic heterocycles. The number of ether oxygens (including phenoxy) is 5. The first kappa shape index (κ1) is 21.0. The van der Waals surface area contributed by atoms with Gasteiger partial charge in [-0.25, -0.2) is 0 Å². The third-order valence-electron chi connectivity index (χ3n) is 6.54. The lowest BCUT2D eigenvalue weighted by Crippen LogP contribution is -2.78. The van der Waals surface area contributed by atoms with Crippen molar-refractivity contribution < 1.29 is 28.8 Å². The lowest BCUT2D eigenvalue weighted by molar-refractivity contribution is -0.552. The summed E-state index contributed by atoms with van der Waals surface area (Å²) in [7, 11) is 0. The fraction of sp³-hybridized carbons (Fsp3) is 0.333. The van der Waals surface area contributed by atoms with E-state index in [0.717, 1.165) is 16.7 Å². The smallest absolute Gasteiger partial charge is 0.313 e. The molecule has 4 bridgehead atoms. The molecule has 3 unspecified atom stereocenters. The van der Waals surface area contributed by atoms with Crippen molar-refractivity contribution in [2.45, 2.75) is 55.8 Å². The van der Waals surface area contributed by atoms with Crippen LogP contribution in [0.2, 0.25) is 0 Å². The highest BCUT2D eigenvalue weighted by molar-refractivity contribution is 5.23. The molecule has 0 radical (unpaired) electrons. The van der Waals surface area contributed by atoms with Gasteiger partial charge < -0.3 is 28.8 Å². The Morgan fingerprint density at radius 2 is 1.03 bits per heavy atom. The molecule has 1 saturated carbocycles. The molecule has 3 aromatic carbocycles. The Bertz CT molecular complexity index is 998. The Balaban J connectivity index is 1.29. The van der Waals surface area contributed by atoms with Crippen LogP contribution in [0.5, 0.6) is 0 Å². The lowest BCUT2D eigenvalue weighted by Gasteiger charge is -2.62. The molecule has 3 aromatic rings. The first-order valence-electron chi connectivity index (χ1n) is 11.3. The Labute approximate surface area is 192 Å². The van der Waals surface area contributed by atoms with E-state index in [2.05, 4.69) is 0 Å². The summed E-state index contributed by atoms with van der Waals surface area (Å²) >= 11 is 0. The molecular formula is C27H26O6. The first-order valence-corrected chi connectivity index (χ1v) is 11.3. The minimum atomic E-state index is -1.38. The number of hydrogen-bond acceptors (Lipinski definition) is 6. The minimum absolute atomic E-state index is 0.382. The second kappa shape index (κ2) is 8.65. The number of benzene rings is 3. The van der Waals surface area contributed by atoms with Gasteiger partial charge in [0, 0.05) is 5.56 Å². The van der Waals surface area contributed by atoms with Crippen molar-refractivity contribution >= 4 is 0 Å². The summed E-state index contributed by atoms with van der Waals surface area (Å²) in [5.41, 5.74) is 2.83. The van der Waals surface area contributed by atoms with Gasteiger partial charge in [0.05, 0.1) is 13.2 Å². The van der Waals surface area contributed by atoms with Crippen molar-refractivity contribution in [1.29, 1.82) is 0 Å².